The molecule has 51 heavy (non-hydrogen) atoms. The number of nitrogens with two attached hydrogens (primary N) is 1. The van der Waals surface area contributed by atoms with E-state index in [9.17, 15) is 39.0 Å². The summed E-state index contributed by atoms with van der Waals surface area (Å²) in [7, 11) is 0. The van der Waals surface area contributed by atoms with Gasteiger partial charge in [-0.2, -0.15) is 0 Å². The first-order valence-corrected chi connectivity index (χ1v) is 16.5. The summed E-state index contributed by atoms with van der Waals surface area (Å²) in [4.78, 5) is 76.0. The molecule has 14 nitrogen and oxygen atoms in total. The van der Waals surface area contributed by atoms with E-state index in [1.165, 1.54) is 24.3 Å². The second-order valence-corrected chi connectivity index (χ2v) is 12.5. The lowest BCUT2D eigenvalue weighted by atomic mass is 9.98. The number of benzene rings is 3. The normalized spacial score (nSPS) is 13.9. The summed E-state index contributed by atoms with van der Waals surface area (Å²) in [5.41, 5.74) is 7.48. The summed E-state index contributed by atoms with van der Waals surface area (Å²) in [6.07, 6.45) is -1.78. The van der Waals surface area contributed by atoms with E-state index in [0.717, 1.165) is 5.56 Å². The molecule has 0 aliphatic heterocycles. The molecule has 14 heteroatoms. The summed E-state index contributed by atoms with van der Waals surface area (Å²) in [6.45, 7) is 3.37. The number of aliphatic hydroxyl groups is 1. The molecule has 0 aliphatic carbocycles. The third-order valence-corrected chi connectivity index (χ3v) is 8.10. The monoisotopic (exact) mass is 703 g/mol. The molecule has 0 saturated heterocycles. The minimum atomic E-state index is -1.80. The summed E-state index contributed by atoms with van der Waals surface area (Å²) in [6, 6.07) is 18.8. The van der Waals surface area contributed by atoms with Gasteiger partial charge in [0, 0.05) is 12.1 Å². The number of carboxylic acid groups (broad SMARTS) is 2. The molecule has 0 aliphatic rings. The predicted octanol–water partition coefficient (Wildman–Crippen LogP) is 1.86. The molecule has 0 bridgehead atoms. The van der Waals surface area contributed by atoms with Gasteiger partial charge >= 0.3 is 11.9 Å². The number of carbonyl (C=O) groups excluding carboxylic acids is 4. The molecule has 5 atom stereocenters. The SMILES string of the molecule is CC(C)[C@H](NC(=O)[C@@H](N)CCC(=O)O)C(=O)N[C@@H](CCc1ccccc1)C(=O)N[C@@H](Cc1ccccc1)[C@@H](O)C(=O)Nc1cccc(C(=O)O)c1. The standard InChI is InChI=1S/C37H45N5O9/c1-22(2)31(42-33(46)27(38)17-19-30(43)44)35(48)40-28(18-16-23-10-5-3-6-11-23)34(47)41-29(20-24-12-7-4-8-13-24)32(45)36(49)39-26-15-9-14-25(21-26)37(50)51/h3-15,21-22,27-29,31-32,45H,16-20,38H2,1-2H3,(H,39,49)(H,40,48)(H,41,47)(H,42,46)(H,43,44)(H,50,51)/t27-,28-,29-,31-,32+/m0/s1. The predicted molar refractivity (Wildman–Crippen MR) is 188 cm³/mol. The van der Waals surface area contributed by atoms with Crippen molar-refractivity contribution >= 4 is 41.3 Å². The fourth-order valence-corrected chi connectivity index (χ4v) is 5.21. The zero-order valence-corrected chi connectivity index (χ0v) is 28.5. The maximum atomic E-state index is 14.0. The Hall–Kier alpha value is -5.60. The van der Waals surface area contributed by atoms with E-state index >= 15 is 0 Å². The van der Waals surface area contributed by atoms with Gasteiger partial charge in [0.15, 0.2) is 6.10 Å². The van der Waals surface area contributed by atoms with Crippen molar-refractivity contribution < 1.29 is 44.1 Å². The molecule has 272 valence electrons. The minimum Gasteiger partial charge on any atom is -0.481 e. The van der Waals surface area contributed by atoms with Crippen molar-refractivity contribution in [2.24, 2.45) is 11.7 Å². The third-order valence-electron chi connectivity index (χ3n) is 8.10. The Morgan fingerprint density at radius 1 is 0.706 bits per heavy atom. The van der Waals surface area contributed by atoms with Crippen LogP contribution >= 0.6 is 0 Å². The Morgan fingerprint density at radius 2 is 1.33 bits per heavy atom. The number of hydrogen-bond acceptors (Lipinski definition) is 8. The van der Waals surface area contributed by atoms with Crippen molar-refractivity contribution in [1.82, 2.24) is 16.0 Å². The van der Waals surface area contributed by atoms with Crippen LogP contribution in [0.3, 0.4) is 0 Å². The van der Waals surface area contributed by atoms with Crippen LogP contribution in [0.2, 0.25) is 0 Å². The first-order valence-electron chi connectivity index (χ1n) is 16.5. The second kappa shape index (κ2) is 19.6. The van der Waals surface area contributed by atoms with Crippen LogP contribution in [0.25, 0.3) is 0 Å². The fourth-order valence-electron chi connectivity index (χ4n) is 5.21. The number of carboxylic acids is 2. The van der Waals surface area contributed by atoms with Gasteiger partial charge in [0.25, 0.3) is 5.91 Å². The fraction of sp³-hybridized carbons (Fsp3) is 0.351. The van der Waals surface area contributed by atoms with Gasteiger partial charge < -0.3 is 42.3 Å². The maximum absolute atomic E-state index is 14.0. The maximum Gasteiger partial charge on any atom is 0.335 e. The van der Waals surface area contributed by atoms with Gasteiger partial charge in [0.2, 0.25) is 17.7 Å². The van der Waals surface area contributed by atoms with Crippen molar-refractivity contribution in [2.75, 3.05) is 5.32 Å². The van der Waals surface area contributed by atoms with Crippen LogP contribution in [-0.4, -0.2) is 81.2 Å². The Kier molecular flexibility index (Phi) is 15.3. The largest absolute Gasteiger partial charge is 0.481 e. The lowest BCUT2D eigenvalue weighted by Gasteiger charge is -2.29. The molecule has 0 aromatic heterocycles. The van der Waals surface area contributed by atoms with Crippen LogP contribution < -0.4 is 27.0 Å². The van der Waals surface area contributed by atoms with Gasteiger partial charge in [0.05, 0.1) is 17.6 Å². The molecule has 0 saturated carbocycles. The number of hydrogen-bond donors (Lipinski definition) is 8. The zero-order valence-electron chi connectivity index (χ0n) is 28.5. The molecule has 3 aromatic rings. The molecular formula is C37H45N5O9. The number of aromatic carboxylic acids is 1. The summed E-state index contributed by atoms with van der Waals surface area (Å²) in [5.74, 6) is -5.78. The van der Waals surface area contributed by atoms with Gasteiger partial charge in [-0.25, -0.2) is 4.79 Å². The third kappa shape index (κ3) is 13.0. The van der Waals surface area contributed by atoms with Gasteiger partial charge in [-0.1, -0.05) is 80.6 Å². The van der Waals surface area contributed by atoms with E-state index in [0.29, 0.717) is 12.0 Å². The number of carbonyl (C=O) groups is 6. The topological polar surface area (TPSA) is 237 Å². The van der Waals surface area contributed by atoms with Crippen molar-refractivity contribution in [1.29, 1.82) is 0 Å². The number of nitrogens with one attached hydrogen (secondary N) is 4. The summed E-state index contributed by atoms with van der Waals surface area (Å²) >= 11 is 0. The highest BCUT2D eigenvalue weighted by molar-refractivity contribution is 5.97. The van der Waals surface area contributed by atoms with E-state index in [4.69, 9.17) is 10.8 Å². The highest BCUT2D eigenvalue weighted by Crippen LogP contribution is 2.15. The minimum absolute atomic E-state index is 0.0224. The smallest absolute Gasteiger partial charge is 0.335 e. The average Bonchev–Trinajstić information content (AvgIpc) is 3.11. The summed E-state index contributed by atoms with van der Waals surface area (Å²) < 4.78 is 0. The number of anilines is 1. The molecule has 0 fully saturated rings. The van der Waals surface area contributed by atoms with Gasteiger partial charge in [0.1, 0.15) is 12.1 Å². The molecule has 0 spiro atoms. The Morgan fingerprint density at radius 3 is 1.92 bits per heavy atom. The lowest BCUT2D eigenvalue weighted by Crippen LogP contribution is -2.59. The Labute approximate surface area is 295 Å². The molecule has 0 heterocycles. The van der Waals surface area contributed by atoms with Crippen LogP contribution in [0.4, 0.5) is 5.69 Å². The number of aliphatic hydroxyl groups excluding tert-OH is 1. The van der Waals surface area contributed by atoms with Crippen LogP contribution in [0.5, 0.6) is 0 Å². The molecule has 0 radical (unpaired) electrons. The number of amides is 4. The highest BCUT2D eigenvalue weighted by atomic mass is 16.4. The van der Waals surface area contributed by atoms with E-state index in [1.807, 2.05) is 30.3 Å². The van der Waals surface area contributed by atoms with Gasteiger partial charge in [-0.3, -0.25) is 24.0 Å². The van der Waals surface area contributed by atoms with Crippen molar-refractivity contribution in [3.8, 4) is 0 Å². The number of aryl methyl sites for hydroxylation is 1. The van der Waals surface area contributed by atoms with Crippen molar-refractivity contribution in [3.63, 3.8) is 0 Å². The molecule has 3 aromatic carbocycles. The van der Waals surface area contributed by atoms with E-state index < -0.39 is 71.8 Å². The first-order chi connectivity index (χ1) is 24.2. The molecule has 0 unspecified atom stereocenters. The van der Waals surface area contributed by atoms with Gasteiger partial charge in [-0.15, -0.1) is 0 Å². The zero-order chi connectivity index (χ0) is 37.5. The van der Waals surface area contributed by atoms with Gasteiger partial charge in [-0.05, 0) is 60.9 Å². The van der Waals surface area contributed by atoms with Crippen LogP contribution in [-0.2, 0) is 36.8 Å². The Bertz CT molecular complexity index is 1650. The van der Waals surface area contributed by atoms with Crippen molar-refractivity contribution in [2.45, 2.75) is 76.2 Å². The first kappa shape index (κ1) is 39.8. The van der Waals surface area contributed by atoms with Crippen LogP contribution in [0, 0.1) is 5.92 Å². The van der Waals surface area contributed by atoms with E-state index in [1.54, 1.807) is 44.2 Å². The van der Waals surface area contributed by atoms with Crippen LogP contribution in [0.15, 0.2) is 84.9 Å². The van der Waals surface area contributed by atoms with E-state index in [2.05, 4.69) is 21.3 Å². The second-order valence-electron chi connectivity index (χ2n) is 12.5. The Balaban J connectivity index is 1.85. The average molecular weight is 704 g/mol. The molecule has 4 amide bonds. The molecule has 9 N–H and O–H groups in total. The molecular weight excluding hydrogens is 658 g/mol. The number of rotatable bonds is 19. The highest BCUT2D eigenvalue weighted by Gasteiger charge is 2.33. The van der Waals surface area contributed by atoms with Crippen LogP contribution in [0.1, 0.15) is 54.6 Å². The number of aliphatic carboxylic acids is 1. The molecule has 3 rings (SSSR count). The quantitative estimate of drug-likeness (QED) is 0.0902. The van der Waals surface area contributed by atoms with Crippen molar-refractivity contribution in [3.05, 3.63) is 102 Å². The lowest BCUT2D eigenvalue weighted by molar-refractivity contribution is -0.137. The summed E-state index contributed by atoms with van der Waals surface area (Å²) in [5, 5.41) is 40.0. The van der Waals surface area contributed by atoms with E-state index in [-0.39, 0.29) is 36.9 Å².